The van der Waals surface area contributed by atoms with Crippen LogP contribution in [0.15, 0.2) is 24.3 Å². The summed E-state index contributed by atoms with van der Waals surface area (Å²) in [6.07, 6.45) is 4.33. The third kappa shape index (κ3) is 2.76. The summed E-state index contributed by atoms with van der Waals surface area (Å²) in [5, 5.41) is 0. The first-order valence-corrected chi connectivity index (χ1v) is 8.19. The van der Waals surface area contributed by atoms with Crippen molar-refractivity contribution >= 4 is 5.91 Å². The van der Waals surface area contributed by atoms with Crippen molar-refractivity contribution in [3.05, 3.63) is 35.6 Å². The molecule has 0 unspecified atom stereocenters. The van der Waals surface area contributed by atoms with Crippen molar-refractivity contribution < 1.29 is 9.18 Å². The van der Waals surface area contributed by atoms with Crippen molar-refractivity contribution in [1.82, 2.24) is 9.80 Å². The summed E-state index contributed by atoms with van der Waals surface area (Å²) < 4.78 is 13.8. The normalized spacial score (nSPS) is 28.4. The molecule has 0 N–H and O–H groups in total. The van der Waals surface area contributed by atoms with Gasteiger partial charge in [0, 0.05) is 38.7 Å². The number of benzene rings is 1. The van der Waals surface area contributed by atoms with Gasteiger partial charge in [-0.3, -0.25) is 9.69 Å². The van der Waals surface area contributed by atoms with Crippen LogP contribution in [0.4, 0.5) is 4.39 Å². The molecule has 1 spiro atoms. The van der Waals surface area contributed by atoms with Gasteiger partial charge in [-0.25, -0.2) is 4.39 Å². The fraction of sp³-hybridized carbons (Fsp3) is 0.611. The second-order valence-corrected chi connectivity index (χ2v) is 7.09. The van der Waals surface area contributed by atoms with Gasteiger partial charge in [0.15, 0.2) is 0 Å². The minimum absolute atomic E-state index is 0.118. The van der Waals surface area contributed by atoms with E-state index < -0.39 is 0 Å². The Hall–Kier alpha value is -1.42. The molecule has 1 aromatic carbocycles. The Morgan fingerprint density at radius 2 is 2.14 bits per heavy atom. The van der Waals surface area contributed by atoms with Crippen molar-refractivity contribution in [3.63, 3.8) is 0 Å². The molecule has 1 aliphatic carbocycles. The Morgan fingerprint density at radius 3 is 2.86 bits per heavy atom. The summed E-state index contributed by atoms with van der Waals surface area (Å²) in [5.41, 5.74) is 0.875. The maximum atomic E-state index is 13.8. The van der Waals surface area contributed by atoms with Crippen LogP contribution in [0.25, 0.3) is 0 Å². The van der Waals surface area contributed by atoms with E-state index in [9.17, 15) is 9.18 Å². The lowest BCUT2D eigenvalue weighted by molar-refractivity contribution is -0.136. The first kappa shape index (κ1) is 15.5. The summed E-state index contributed by atoms with van der Waals surface area (Å²) in [6.45, 7) is 2.54. The average molecular weight is 304 g/mol. The molecule has 0 bridgehead atoms. The van der Waals surface area contributed by atoms with Gasteiger partial charge in [-0.2, -0.15) is 0 Å². The van der Waals surface area contributed by atoms with Gasteiger partial charge in [-0.1, -0.05) is 24.6 Å². The number of rotatable bonds is 3. The van der Waals surface area contributed by atoms with Gasteiger partial charge >= 0.3 is 0 Å². The van der Waals surface area contributed by atoms with E-state index in [1.54, 1.807) is 11.0 Å². The Labute approximate surface area is 132 Å². The summed E-state index contributed by atoms with van der Waals surface area (Å²) in [6, 6.07) is 7.00. The Morgan fingerprint density at radius 1 is 1.36 bits per heavy atom. The van der Waals surface area contributed by atoms with Gasteiger partial charge in [0.05, 0.1) is 0 Å². The number of carbonyl (C=O) groups excluding carboxylic acids is 1. The lowest BCUT2D eigenvalue weighted by atomic mass is 9.76. The number of nitrogens with zero attached hydrogens (tertiary/aromatic N) is 2. The van der Waals surface area contributed by atoms with Crippen molar-refractivity contribution in [2.45, 2.75) is 32.2 Å². The van der Waals surface area contributed by atoms with Crippen LogP contribution >= 0.6 is 0 Å². The predicted octanol–water partition coefficient (Wildman–Crippen LogP) is 2.91. The molecule has 2 aliphatic rings. The first-order valence-electron chi connectivity index (χ1n) is 8.19. The molecule has 22 heavy (non-hydrogen) atoms. The number of hydrogen-bond donors (Lipinski definition) is 0. The maximum Gasteiger partial charge on any atom is 0.225 e. The lowest BCUT2D eigenvalue weighted by Gasteiger charge is -2.32. The van der Waals surface area contributed by atoms with E-state index in [4.69, 9.17) is 0 Å². The quantitative estimate of drug-likeness (QED) is 0.857. The van der Waals surface area contributed by atoms with E-state index in [2.05, 4.69) is 4.90 Å². The van der Waals surface area contributed by atoms with Gasteiger partial charge in [0.25, 0.3) is 0 Å². The minimum atomic E-state index is -0.129. The predicted molar refractivity (Wildman–Crippen MR) is 84.8 cm³/mol. The van der Waals surface area contributed by atoms with E-state index in [0.717, 1.165) is 44.3 Å². The van der Waals surface area contributed by atoms with E-state index in [1.165, 1.54) is 6.07 Å². The molecule has 3 nitrogen and oxygen atoms in total. The van der Waals surface area contributed by atoms with Crippen molar-refractivity contribution in [3.8, 4) is 0 Å². The highest BCUT2D eigenvalue weighted by molar-refractivity contribution is 5.79. The SMILES string of the molecule is CN(C)C(=O)[C@H]1CCC[C@@]12CCN(Cc1ccccc1F)C2. The second kappa shape index (κ2) is 5.99. The topological polar surface area (TPSA) is 23.6 Å². The zero-order chi connectivity index (χ0) is 15.7. The first-order chi connectivity index (χ1) is 10.5. The summed E-state index contributed by atoms with van der Waals surface area (Å²) in [4.78, 5) is 16.5. The van der Waals surface area contributed by atoms with Crippen molar-refractivity contribution in [2.75, 3.05) is 27.2 Å². The molecule has 2 atom stereocenters. The molecule has 1 heterocycles. The van der Waals surface area contributed by atoms with Gasteiger partial charge in [-0.05, 0) is 37.3 Å². The van der Waals surface area contributed by atoms with Crippen LogP contribution in [0.3, 0.4) is 0 Å². The van der Waals surface area contributed by atoms with Crippen molar-refractivity contribution in [2.24, 2.45) is 11.3 Å². The summed E-state index contributed by atoms with van der Waals surface area (Å²) >= 11 is 0. The molecule has 1 saturated carbocycles. The van der Waals surface area contributed by atoms with Crippen LogP contribution in [0.5, 0.6) is 0 Å². The zero-order valence-electron chi connectivity index (χ0n) is 13.5. The number of amides is 1. The van der Waals surface area contributed by atoms with Gasteiger partial charge in [-0.15, -0.1) is 0 Å². The molecule has 0 aromatic heterocycles. The Kier molecular flexibility index (Phi) is 4.22. The third-order valence-corrected chi connectivity index (χ3v) is 5.46. The standard InChI is InChI=1S/C18H25FN2O/c1-20(2)17(22)15-7-5-9-18(15)10-11-21(13-18)12-14-6-3-4-8-16(14)19/h3-4,6,8,15H,5,7,9-13H2,1-2H3/t15-,18+/m1/s1. The smallest absolute Gasteiger partial charge is 0.225 e. The Bertz CT molecular complexity index is 560. The summed E-state index contributed by atoms with van der Waals surface area (Å²) in [7, 11) is 3.70. The molecule has 4 heteroatoms. The molecule has 1 saturated heterocycles. The number of hydrogen-bond acceptors (Lipinski definition) is 2. The monoisotopic (exact) mass is 304 g/mol. The molecule has 1 aliphatic heterocycles. The Balaban J connectivity index is 1.71. The van der Waals surface area contributed by atoms with Crippen molar-refractivity contribution in [1.29, 1.82) is 0 Å². The van der Waals surface area contributed by atoms with E-state index in [1.807, 2.05) is 26.2 Å². The second-order valence-electron chi connectivity index (χ2n) is 7.09. The number of halogens is 1. The van der Waals surface area contributed by atoms with Crippen LogP contribution in [-0.2, 0) is 11.3 Å². The highest BCUT2D eigenvalue weighted by Crippen LogP contribution is 2.50. The third-order valence-electron chi connectivity index (χ3n) is 5.46. The van der Waals surface area contributed by atoms with Gasteiger partial charge < -0.3 is 4.90 Å². The van der Waals surface area contributed by atoms with E-state index >= 15 is 0 Å². The molecule has 2 fully saturated rings. The lowest BCUT2D eigenvalue weighted by Crippen LogP contribution is -2.40. The molecule has 0 radical (unpaired) electrons. The fourth-order valence-electron chi connectivity index (χ4n) is 4.31. The molecular weight excluding hydrogens is 279 g/mol. The fourth-order valence-corrected chi connectivity index (χ4v) is 4.31. The number of likely N-dealkylation sites (tertiary alicyclic amines) is 1. The van der Waals surface area contributed by atoms with Crippen LogP contribution in [0.1, 0.15) is 31.2 Å². The van der Waals surface area contributed by atoms with Crippen LogP contribution in [0.2, 0.25) is 0 Å². The molecule has 1 aromatic rings. The zero-order valence-corrected chi connectivity index (χ0v) is 13.5. The minimum Gasteiger partial charge on any atom is -0.349 e. The van der Waals surface area contributed by atoms with Crippen LogP contribution in [0, 0.1) is 17.2 Å². The van der Waals surface area contributed by atoms with Gasteiger partial charge in [0.1, 0.15) is 5.82 Å². The van der Waals surface area contributed by atoms with Crippen LogP contribution < -0.4 is 0 Å². The van der Waals surface area contributed by atoms with Crippen LogP contribution in [-0.4, -0.2) is 42.9 Å². The highest BCUT2D eigenvalue weighted by atomic mass is 19.1. The molecular formula is C18H25FN2O. The maximum absolute atomic E-state index is 13.8. The van der Waals surface area contributed by atoms with E-state index in [0.29, 0.717) is 6.54 Å². The number of carbonyl (C=O) groups is 1. The molecule has 1 amide bonds. The van der Waals surface area contributed by atoms with Gasteiger partial charge in [0.2, 0.25) is 5.91 Å². The summed E-state index contributed by atoms with van der Waals surface area (Å²) in [5.74, 6) is 0.286. The molecule has 120 valence electrons. The largest absolute Gasteiger partial charge is 0.349 e. The molecule has 3 rings (SSSR count). The highest BCUT2D eigenvalue weighted by Gasteiger charge is 2.50. The van der Waals surface area contributed by atoms with E-state index in [-0.39, 0.29) is 23.1 Å². The average Bonchev–Trinajstić information content (AvgIpc) is 3.08.